The molecule has 0 saturated heterocycles. The Hall–Kier alpha value is -2.69. The molecule has 1 amide bonds. The van der Waals surface area contributed by atoms with Gasteiger partial charge in [-0.25, -0.2) is 4.98 Å². The molecule has 3 aromatic rings. The average molecular weight is 336 g/mol. The fourth-order valence-corrected chi connectivity index (χ4v) is 3.03. The average Bonchev–Trinajstić information content (AvgIpc) is 2.90. The topological polar surface area (TPSA) is 51.0 Å². The van der Waals surface area contributed by atoms with Gasteiger partial charge in [0.15, 0.2) is 0 Å². The van der Waals surface area contributed by atoms with Crippen molar-refractivity contribution < 1.29 is 4.79 Å². The number of nitrogens with zero attached hydrogens (tertiary/aromatic N) is 4. The number of benzene rings is 1. The van der Waals surface area contributed by atoms with Crippen molar-refractivity contribution in [1.29, 1.82) is 0 Å². The van der Waals surface area contributed by atoms with Crippen molar-refractivity contribution >= 4 is 16.9 Å². The number of rotatable bonds is 6. The van der Waals surface area contributed by atoms with E-state index in [4.69, 9.17) is 0 Å². The number of carbonyl (C=O) groups is 1. The third-order valence-corrected chi connectivity index (χ3v) is 4.68. The zero-order valence-corrected chi connectivity index (χ0v) is 15.1. The molecular weight excluding hydrogens is 312 g/mol. The summed E-state index contributed by atoms with van der Waals surface area (Å²) in [4.78, 5) is 23.2. The number of imidazole rings is 1. The van der Waals surface area contributed by atoms with Crippen molar-refractivity contribution in [3.8, 4) is 0 Å². The van der Waals surface area contributed by atoms with Crippen LogP contribution in [-0.4, -0.2) is 38.4 Å². The number of fused-ring (bicyclic) bond motifs is 1. The van der Waals surface area contributed by atoms with Gasteiger partial charge in [-0.15, -0.1) is 0 Å². The Balaban J connectivity index is 1.67. The number of pyridine rings is 1. The molecule has 5 nitrogen and oxygen atoms in total. The van der Waals surface area contributed by atoms with Gasteiger partial charge in [0.05, 0.1) is 17.5 Å². The molecular formula is C20H24N4O. The van der Waals surface area contributed by atoms with Gasteiger partial charge in [-0.1, -0.05) is 6.07 Å². The smallest absolute Gasteiger partial charge is 0.226 e. The maximum absolute atomic E-state index is 12.7. The number of aryl methyl sites for hydroxylation is 2. The standard InChI is InChI=1S/C20H24N4O/c1-4-24(12-9-16-7-10-21-11-8-16)20(25)14-17-5-6-19-18(13-17)22-15(2)23(19)3/h5-8,10-11,13H,4,9,12,14H2,1-3H3. The monoisotopic (exact) mass is 336 g/mol. The minimum Gasteiger partial charge on any atom is -0.342 e. The van der Waals surface area contributed by atoms with Crippen LogP contribution in [0, 0.1) is 6.92 Å². The molecule has 3 rings (SSSR count). The molecule has 5 heteroatoms. The normalized spacial score (nSPS) is 11.0. The number of hydrogen-bond donors (Lipinski definition) is 0. The molecule has 1 aromatic carbocycles. The summed E-state index contributed by atoms with van der Waals surface area (Å²) in [5.41, 5.74) is 4.26. The maximum atomic E-state index is 12.7. The number of amides is 1. The molecule has 0 unspecified atom stereocenters. The predicted octanol–water partition coefficient (Wildman–Crippen LogP) is 2.91. The first-order chi connectivity index (χ1) is 12.1. The molecule has 0 aliphatic heterocycles. The fourth-order valence-electron chi connectivity index (χ4n) is 3.03. The number of aromatic nitrogens is 3. The molecule has 130 valence electrons. The number of hydrogen-bond acceptors (Lipinski definition) is 3. The first kappa shape index (κ1) is 17.1. The minimum absolute atomic E-state index is 0.156. The summed E-state index contributed by atoms with van der Waals surface area (Å²) in [6, 6.07) is 10.1. The fraction of sp³-hybridized carbons (Fsp3) is 0.350. The van der Waals surface area contributed by atoms with Crippen LogP contribution < -0.4 is 0 Å². The molecule has 0 atom stereocenters. The van der Waals surface area contributed by atoms with E-state index in [1.807, 2.05) is 56.1 Å². The highest BCUT2D eigenvalue weighted by Gasteiger charge is 2.13. The Labute approximate surface area is 148 Å². The van der Waals surface area contributed by atoms with E-state index in [9.17, 15) is 4.79 Å². The summed E-state index contributed by atoms with van der Waals surface area (Å²) in [5, 5.41) is 0. The molecule has 0 fully saturated rings. The van der Waals surface area contributed by atoms with E-state index < -0.39 is 0 Å². The minimum atomic E-state index is 0.156. The first-order valence-corrected chi connectivity index (χ1v) is 8.67. The van der Waals surface area contributed by atoms with Crippen molar-refractivity contribution in [2.75, 3.05) is 13.1 Å². The summed E-state index contributed by atoms with van der Waals surface area (Å²) in [5.74, 6) is 1.13. The molecule has 25 heavy (non-hydrogen) atoms. The Kier molecular flexibility index (Phi) is 5.12. The lowest BCUT2D eigenvalue weighted by molar-refractivity contribution is -0.130. The van der Waals surface area contributed by atoms with Gasteiger partial charge in [0.25, 0.3) is 0 Å². The van der Waals surface area contributed by atoms with Crippen molar-refractivity contribution in [2.45, 2.75) is 26.7 Å². The Morgan fingerprint density at radius 1 is 1.16 bits per heavy atom. The van der Waals surface area contributed by atoms with E-state index in [0.29, 0.717) is 6.42 Å². The highest BCUT2D eigenvalue weighted by Crippen LogP contribution is 2.17. The summed E-state index contributed by atoms with van der Waals surface area (Å²) in [6.45, 7) is 5.46. The van der Waals surface area contributed by atoms with Gasteiger partial charge in [-0.3, -0.25) is 9.78 Å². The maximum Gasteiger partial charge on any atom is 0.226 e. The van der Waals surface area contributed by atoms with Crippen LogP contribution >= 0.6 is 0 Å². The third-order valence-electron chi connectivity index (χ3n) is 4.68. The van der Waals surface area contributed by atoms with Crippen LogP contribution in [0.25, 0.3) is 11.0 Å². The number of likely N-dealkylation sites (N-methyl/N-ethyl adjacent to an activating group) is 1. The second kappa shape index (κ2) is 7.47. The highest BCUT2D eigenvalue weighted by molar-refractivity contribution is 5.82. The Bertz CT molecular complexity index is 870. The summed E-state index contributed by atoms with van der Waals surface area (Å²) in [7, 11) is 2.01. The van der Waals surface area contributed by atoms with E-state index in [1.54, 1.807) is 12.4 Å². The molecule has 0 spiro atoms. The van der Waals surface area contributed by atoms with E-state index in [2.05, 4.69) is 14.5 Å². The van der Waals surface area contributed by atoms with E-state index in [0.717, 1.165) is 41.9 Å². The molecule has 0 aliphatic rings. The molecule has 2 aromatic heterocycles. The molecule has 2 heterocycles. The van der Waals surface area contributed by atoms with Gasteiger partial charge in [0.2, 0.25) is 5.91 Å². The summed E-state index contributed by atoms with van der Waals surface area (Å²) >= 11 is 0. The zero-order valence-electron chi connectivity index (χ0n) is 15.1. The summed E-state index contributed by atoms with van der Waals surface area (Å²) in [6.07, 6.45) is 4.84. The second-order valence-corrected chi connectivity index (χ2v) is 6.30. The van der Waals surface area contributed by atoms with Gasteiger partial charge in [-0.05, 0) is 55.7 Å². The van der Waals surface area contributed by atoms with Crippen molar-refractivity contribution in [1.82, 2.24) is 19.4 Å². The SMILES string of the molecule is CCN(CCc1ccncc1)C(=O)Cc1ccc2c(c1)nc(C)n2C. The van der Waals surface area contributed by atoms with Gasteiger partial charge in [-0.2, -0.15) is 0 Å². The van der Waals surface area contributed by atoms with Crippen LogP contribution in [0.3, 0.4) is 0 Å². The quantitative estimate of drug-likeness (QED) is 0.695. The van der Waals surface area contributed by atoms with Crippen LogP contribution in [0.5, 0.6) is 0 Å². The lowest BCUT2D eigenvalue weighted by Crippen LogP contribution is -2.33. The predicted molar refractivity (Wildman–Crippen MR) is 99.4 cm³/mol. The number of carbonyl (C=O) groups excluding carboxylic acids is 1. The van der Waals surface area contributed by atoms with Crippen LogP contribution in [0.15, 0.2) is 42.7 Å². The van der Waals surface area contributed by atoms with Crippen LogP contribution in [0.1, 0.15) is 23.9 Å². The zero-order chi connectivity index (χ0) is 17.8. The molecule has 0 saturated carbocycles. The van der Waals surface area contributed by atoms with Crippen molar-refractivity contribution in [2.24, 2.45) is 7.05 Å². The van der Waals surface area contributed by atoms with Gasteiger partial charge in [0, 0.05) is 32.5 Å². The second-order valence-electron chi connectivity index (χ2n) is 6.30. The van der Waals surface area contributed by atoms with E-state index >= 15 is 0 Å². The third kappa shape index (κ3) is 3.87. The van der Waals surface area contributed by atoms with Crippen LogP contribution in [0.2, 0.25) is 0 Å². The Morgan fingerprint density at radius 3 is 2.64 bits per heavy atom. The summed E-state index contributed by atoms with van der Waals surface area (Å²) < 4.78 is 2.06. The first-order valence-electron chi connectivity index (χ1n) is 8.67. The molecule has 0 radical (unpaired) electrons. The van der Waals surface area contributed by atoms with Crippen LogP contribution in [-0.2, 0) is 24.7 Å². The lowest BCUT2D eigenvalue weighted by atomic mass is 10.1. The van der Waals surface area contributed by atoms with Gasteiger partial charge in [0.1, 0.15) is 5.82 Å². The van der Waals surface area contributed by atoms with Gasteiger partial charge >= 0.3 is 0 Å². The molecule has 0 bridgehead atoms. The van der Waals surface area contributed by atoms with Crippen molar-refractivity contribution in [3.05, 3.63) is 59.7 Å². The van der Waals surface area contributed by atoms with Crippen LogP contribution in [0.4, 0.5) is 0 Å². The van der Waals surface area contributed by atoms with E-state index in [1.165, 1.54) is 5.56 Å². The Morgan fingerprint density at radius 2 is 1.92 bits per heavy atom. The largest absolute Gasteiger partial charge is 0.342 e. The molecule has 0 aliphatic carbocycles. The lowest BCUT2D eigenvalue weighted by Gasteiger charge is -2.21. The highest BCUT2D eigenvalue weighted by atomic mass is 16.2. The molecule has 0 N–H and O–H groups in total. The van der Waals surface area contributed by atoms with E-state index in [-0.39, 0.29) is 5.91 Å². The van der Waals surface area contributed by atoms with Crippen molar-refractivity contribution in [3.63, 3.8) is 0 Å². The van der Waals surface area contributed by atoms with Gasteiger partial charge < -0.3 is 9.47 Å².